The predicted octanol–water partition coefficient (Wildman–Crippen LogP) is 0.548. The smallest absolute Gasteiger partial charge is 0.432 e. The van der Waals surface area contributed by atoms with Crippen molar-refractivity contribution in [3.8, 4) is 0 Å². The Morgan fingerprint density at radius 3 is 2.52 bits per heavy atom. The van der Waals surface area contributed by atoms with Gasteiger partial charge in [0.2, 0.25) is 0 Å². The van der Waals surface area contributed by atoms with E-state index in [1.54, 1.807) is 7.05 Å². The summed E-state index contributed by atoms with van der Waals surface area (Å²) >= 11 is 0. The van der Waals surface area contributed by atoms with Crippen molar-refractivity contribution in [2.75, 3.05) is 27.7 Å². The number of imide groups is 1. The van der Waals surface area contributed by atoms with E-state index in [9.17, 15) is 9.59 Å². The molecule has 0 saturated carbocycles. The van der Waals surface area contributed by atoms with Crippen molar-refractivity contribution in [1.82, 2.24) is 9.80 Å². The first-order valence-electron chi connectivity index (χ1n) is 7.40. The maximum Gasteiger partial charge on any atom is 0.496 e. The van der Waals surface area contributed by atoms with Gasteiger partial charge in [-0.1, -0.05) is 30.3 Å². The first-order chi connectivity index (χ1) is 11.0. The summed E-state index contributed by atoms with van der Waals surface area (Å²) in [5.74, 6) is 0.134. The minimum absolute atomic E-state index is 0.285. The molecule has 0 radical (unpaired) electrons. The summed E-state index contributed by atoms with van der Waals surface area (Å²) < 4.78 is 7.13. The van der Waals surface area contributed by atoms with Crippen LogP contribution >= 0.6 is 0 Å². The zero-order chi connectivity index (χ0) is 16.6. The van der Waals surface area contributed by atoms with Gasteiger partial charge in [-0.15, -0.1) is 0 Å². The van der Waals surface area contributed by atoms with Crippen LogP contribution in [0.1, 0.15) is 5.56 Å². The lowest BCUT2D eigenvalue weighted by Gasteiger charge is -2.30. The fourth-order valence-electron chi connectivity index (χ4n) is 2.86. The topological polar surface area (TPSA) is 65.2 Å². The van der Waals surface area contributed by atoms with E-state index in [1.165, 1.54) is 19.1 Å². The molecular weight excluding hydrogens is 296 g/mol. The summed E-state index contributed by atoms with van der Waals surface area (Å²) in [4.78, 5) is 31.4. The van der Waals surface area contributed by atoms with Gasteiger partial charge in [-0.2, -0.15) is 0 Å². The highest BCUT2D eigenvalue weighted by atomic mass is 16.5. The van der Waals surface area contributed by atoms with E-state index in [1.807, 2.05) is 34.9 Å². The number of amidine groups is 2. The highest BCUT2D eigenvalue weighted by Crippen LogP contribution is 2.19. The number of rotatable bonds is 3. The van der Waals surface area contributed by atoms with Gasteiger partial charge < -0.3 is 4.74 Å². The summed E-state index contributed by atoms with van der Waals surface area (Å²) in [5, 5.41) is 0. The van der Waals surface area contributed by atoms with Crippen LogP contribution in [0.2, 0.25) is 0 Å². The number of carbonyl (C=O) groups is 2. The fraction of sp³-hybridized carbons (Fsp3) is 0.375. The van der Waals surface area contributed by atoms with Crippen molar-refractivity contribution in [2.24, 2.45) is 4.99 Å². The van der Waals surface area contributed by atoms with Gasteiger partial charge in [0.25, 0.3) is 17.8 Å². The lowest BCUT2D eigenvalue weighted by Crippen LogP contribution is -2.61. The number of ether oxygens (including phenoxy) is 1. The van der Waals surface area contributed by atoms with Crippen LogP contribution < -0.4 is 0 Å². The van der Waals surface area contributed by atoms with Gasteiger partial charge >= 0.3 is 12.1 Å². The molecule has 2 aliphatic heterocycles. The summed E-state index contributed by atoms with van der Waals surface area (Å²) in [6.07, 6.45) is 0.752. The van der Waals surface area contributed by atoms with Crippen LogP contribution in [-0.4, -0.2) is 72.0 Å². The molecule has 2 aliphatic rings. The summed E-state index contributed by atoms with van der Waals surface area (Å²) in [7, 11) is 4.62. The average Bonchev–Trinajstić information content (AvgIpc) is 2.96. The second-order valence-corrected chi connectivity index (χ2v) is 5.53. The molecule has 3 amide bonds. The second-order valence-electron chi connectivity index (χ2n) is 5.53. The van der Waals surface area contributed by atoms with Crippen molar-refractivity contribution >= 4 is 23.8 Å². The first kappa shape index (κ1) is 15.2. The van der Waals surface area contributed by atoms with E-state index in [0.29, 0.717) is 18.4 Å². The highest BCUT2D eigenvalue weighted by molar-refractivity contribution is 6.22. The number of methoxy groups -OCH3 is 1. The molecule has 1 aromatic carbocycles. The molecule has 0 spiro atoms. The third-order valence-corrected chi connectivity index (χ3v) is 4.16. The highest BCUT2D eigenvalue weighted by Gasteiger charge is 2.53. The summed E-state index contributed by atoms with van der Waals surface area (Å²) in [6.45, 7) is 0.576. The van der Waals surface area contributed by atoms with E-state index in [2.05, 4.69) is 4.99 Å². The Labute approximate surface area is 134 Å². The quantitative estimate of drug-likeness (QED) is 0.765. The van der Waals surface area contributed by atoms with Crippen molar-refractivity contribution in [3.05, 3.63) is 35.9 Å². The molecule has 0 bridgehead atoms. The Morgan fingerprint density at radius 1 is 1.17 bits per heavy atom. The number of benzene rings is 1. The Hall–Kier alpha value is -2.70. The van der Waals surface area contributed by atoms with Crippen molar-refractivity contribution < 1.29 is 18.9 Å². The SMILES string of the molecule is COC1=[N+](CCc2ccccc2)C2C(=O)N(C)C(=O)N(C)C2=N1. The van der Waals surface area contributed by atoms with Crippen molar-refractivity contribution in [1.29, 1.82) is 0 Å². The van der Waals surface area contributed by atoms with E-state index in [4.69, 9.17) is 4.74 Å². The molecule has 3 rings (SSSR count). The van der Waals surface area contributed by atoms with E-state index >= 15 is 0 Å². The van der Waals surface area contributed by atoms with Crippen molar-refractivity contribution in [2.45, 2.75) is 12.5 Å². The van der Waals surface area contributed by atoms with E-state index in [-0.39, 0.29) is 11.9 Å². The van der Waals surface area contributed by atoms with Crippen LogP contribution in [0.4, 0.5) is 4.79 Å². The number of fused-ring (bicyclic) bond motifs is 1. The number of aliphatic imine (C=N–C) groups is 1. The van der Waals surface area contributed by atoms with Gasteiger partial charge in [0, 0.05) is 25.5 Å². The maximum absolute atomic E-state index is 12.5. The molecule has 7 heteroatoms. The largest absolute Gasteiger partial charge is 0.496 e. The number of urea groups is 1. The molecule has 1 aromatic rings. The molecule has 1 unspecified atom stereocenters. The molecule has 2 heterocycles. The van der Waals surface area contributed by atoms with Gasteiger partial charge in [0.15, 0.2) is 0 Å². The van der Waals surface area contributed by atoms with Gasteiger partial charge in [0.1, 0.15) is 0 Å². The Bertz CT molecular complexity index is 711. The summed E-state index contributed by atoms with van der Waals surface area (Å²) in [5.41, 5.74) is 1.16. The minimum Gasteiger partial charge on any atom is -0.432 e. The summed E-state index contributed by atoms with van der Waals surface area (Å²) in [6, 6.07) is 9.37. The van der Waals surface area contributed by atoms with Crippen LogP contribution in [0.15, 0.2) is 35.3 Å². The molecular formula is C16H19N4O3+. The van der Waals surface area contributed by atoms with Gasteiger partial charge in [-0.3, -0.25) is 14.6 Å². The lowest BCUT2D eigenvalue weighted by molar-refractivity contribution is -0.542. The lowest BCUT2D eigenvalue weighted by atomic mass is 10.1. The molecule has 0 aromatic heterocycles. The Morgan fingerprint density at radius 2 is 1.87 bits per heavy atom. The van der Waals surface area contributed by atoms with Crippen LogP contribution in [0.5, 0.6) is 0 Å². The molecule has 1 atom stereocenters. The van der Waals surface area contributed by atoms with Crippen LogP contribution in [-0.2, 0) is 16.0 Å². The number of amides is 3. The number of likely N-dealkylation sites (N-methyl/N-ethyl adjacent to an activating group) is 2. The average molecular weight is 315 g/mol. The monoisotopic (exact) mass is 315 g/mol. The molecule has 23 heavy (non-hydrogen) atoms. The molecule has 120 valence electrons. The first-order valence-corrected chi connectivity index (χ1v) is 7.40. The molecule has 1 saturated heterocycles. The zero-order valence-electron chi connectivity index (χ0n) is 13.4. The molecule has 7 nitrogen and oxygen atoms in total. The van der Waals surface area contributed by atoms with Crippen LogP contribution in [0.3, 0.4) is 0 Å². The Kier molecular flexibility index (Phi) is 3.85. The van der Waals surface area contributed by atoms with Gasteiger partial charge in [-0.25, -0.2) is 9.37 Å². The number of hydrogen-bond donors (Lipinski definition) is 0. The number of carbonyl (C=O) groups excluding carboxylic acids is 2. The minimum atomic E-state index is -0.610. The van der Waals surface area contributed by atoms with Gasteiger partial charge in [0.05, 0.1) is 13.7 Å². The number of hydrogen-bond acceptors (Lipinski definition) is 4. The third kappa shape index (κ3) is 2.48. The molecule has 0 aliphatic carbocycles. The molecule has 0 N–H and O–H groups in total. The van der Waals surface area contributed by atoms with Crippen molar-refractivity contribution in [3.63, 3.8) is 0 Å². The number of nitrogens with zero attached hydrogens (tertiary/aromatic N) is 4. The van der Waals surface area contributed by atoms with Crippen LogP contribution in [0, 0.1) is 0 Å². The van der Waals surface area contributed by atoms with E-state index in [0.717, 1.165) is 16.9 Å². The fourth-order valence-corrected chi connectivity index (χ4v) is 2.86. The van der Waals surface area contributed by atoms with E-state index < -0.39 is 6.04 Å². The normalized spacial score (nSPS) is 20.8. The predicted molar refractivity (Wildman–Crippen MR) is 84.4 cm³/mol. The third-order valence-electron chi connectivity index (χ3n) is 4.16. The second kappa shape index (κ2) is 5.83. The molecule has 1 fully saturated rings. The zero-order valence-corrected chi connectivity index (χ0v) is 13.4. The Balaban J connectivity index is 1.87. The van der Waals surface area contributed by atoms with Gasteiger partial charge in [-0.05, 0) is 5.56 Å². The standard InChI is InChI=1S/C16H19N4O3/c1-18-13-12(14(21)19(2)16(18)22)20(15(17-13)23-3)10-9-11-7-5-4-6-8-11/h4-8,12H,9-10H2,1-3H3/q+1. The van der Waals surface area contributed by atoms with Crippen LogP contribution in [0.25, 0.3) is 0 Å². The maximum atomic E-state index is 12.5.